The smallest absolute Gasteiger partial charge is 0.0247 e. The third-order valence-corrected chi connectivity index (χ3v) is 4.92. The van der Waals surface area contributed by atoms with Gasteiger partial charge in [-0.2, -0.15) is 0 Å². The van der Waals surface area contributed by atoms with Gasteiger partial charge in [0, 0.05) is 31.7 Å². The van der Waals surface area contributed by atoms with Crippen molar-refractivity contribution in [2.45, 2.75) is 52.2 Å². The van der Waals surface area contributed by atoms with E-state index in [4.69, 9.17) is 0 Å². The van der Waals surface area contributed by atoms with Crippen molar-refractivity contribution < 1.29 is 0 Å². The van der Waals surface area contributed by atoms with Gasteiger partial charge in [-0.3, -0.25) is 4.90 Å². The fourth-order valence-corrected chi connectivity index (χ4v) is 3.55. The average molecular weight is 272 g/mol. The summed E-state index contributed by atoms with van der Waals surface area (Å²) in [6, 6.07) is 10.4. The molecule has 1 aliphatic carbocycles. The molecule has 20 heavy (non-hydrogen) atoms. The molecule has 2 atom stereocenters. The van der Waals surface area contributed by atoms with Crippen molar-refractivity contribution in [2.75, 3.05) is 13.1 Å². The Morgan fingerprint density at radius 1 is 1.30 bits per heavy atom. The van der Waals surface area contributed by atoms with Crippen molar-refractivity contribution in [3.63, 3.8) is 0 Å². The molecule has 1 aliphatic heterocycles. The van der Waals surface area contributed by atoms with E-state index in [-0.39, 0.29) is 0 Å². The van der Waals surface area contributed by atoms with Crippen LogP contribution in [0.3, 0.4) is 0 Å². The number of nitrogens with one attached hydrogen (secondary N) is 1. The minimum absolute atomic E-state index is 0.672. The summed E-state index contributed by atoms with van der Waals surface area (Å²) in [5, 5.41) is 3.80. The van der Waals surface area contributed by atoms with E-state index in [0.29, 0.717) is 12.0 Å². The van der Waals surface area contributed by atoms with E-state index in [1.165, 1.54) is 30.5 Å². The van der Waals surface area contributed by atoms with Crippen molar-refractivity contribution >= 4 is 0 Å². The summed E-state index contributed by atoms with van der Waals surface area (Å²) in [5.41, 5.74) is 2.84. The van der Waals surface area contributed by atoms with Crippen LogP contribution in [0, 0.1) is 18.8 Å². The summed E-state index contributed by atoms with van der Waals surface area (Å²) < 4.78 is 0. The number of piperazine rings is 1. The Morgan fingerprint density at radius 3 is 2.75 bits per heavy atom. The third-order valence-electron chi connectivity index (χ3n) is 4.92. The molecule has 1 N–H and O–H groups in total. The van der Waals surface area contributed by atoms with Crippen LogP contribution < -0.4 is 5.32 Å². The Balaban J connectivity index is 1.71. The predicted octanol–water partition coefficient (Wildman–Crippen LogP) is 3.20. The Morgan fingerprint density at radius 2 is 2.10 bits per heavy atom. The Labute approximate surface area is 123 Å². The molecular formula is C18H28N2. The first-order valence-corrected chi connectivity index (χ1v) is 8.16. The van der Waals surface area contributed by atoms with E-state index in [9.17, 15) is 0 Å². The molecule has 0 spiro atoms. The molecule has 0 amide bonds. The fourth-order valence-electron chi connectivity index (χ4n) is 3.55. The largest absolute Gasteiger partial charge is 0.311 e. The molecule has 2 fully saturated rings. The molecular weight excluding hydrogens is 244 g/mol. The normalized spacial score (nSPS) is 28.0. The highest BCUT2D eigenvalue weighted by Gasteiger charge is 2.37. The maximum Gasteiger partial charge on any atom is 0.0247 e. The SMILES string of the molecule is Cc1cccc(CN2CC(C3CC3)NCC2C(C)C)c1. The second-order valence-electron chi connectivity index (χ2n) is 7.08. The maximum absolute atomic E-state index is 3.80. The highest BCUT2D eigenvalue weighted by molar-refractivity contribution is 5.22. The van der Waals surface area contributed by atoms with Gasteiger partial charge in [0.2, 0.25) is 0 Å². The quantitative estimate of drug-likeness (QED) is 0.905. The van der Waals surface area contributed by atoms with Crippen molar-refractivity contribution in [1.29, 1.82) is 0 Å². The number of aryl methyl sites for hydroxylation is 1. The van der Waals surface area contributed by atoms with Crippen LogP contribution in [0.2, 0.25) is 0 Å². The van der Waals surface area contributed by atoms with Crippen LogP contribution in [0.1, 0.15) is 37.8 Å². The standard InChI is InChI=1S/C18H28N2/c1-13(2)18-10-19-17(16-7-8-16)12-20(18)11-15-6-4-5-14(3)9-15/h4-6,9,13,16-19H,7-8,10-12H2,1-3H3. The van der Waals surface area contributed by atoms with Crippen molar-refractivity contribution in [3.8, 4) is 0 Å². The van der Waals surface area contributed by atoms with E-state index in [2.05, 4.69) is 55.3 Å². The molecule has 1 aromatic rings. The van der Waals surface area contributed by atoms with E-state index >= 15 is 0 Å². The lowest BCUT2D eigenvalue weighted by atomic mass is 9.96. The van der Waals surface area contributed by atoms with Gasteiger partial charge in [-0.05, 0) is 37.2 Å². The molecule has 0 bridgehead atoms. The third kappa shape index (κ3) is 3.24. The van der Waals surface area contributed by atoms with Crippen LogP contribution in [0.4, 0.5) is 0 Å². The molecule has 2 nitrogen and oxygen atoms in total. The predicted molar refractivity (Wildman–Crippen MR) is 84.7 cm³/mol. The van der Waals surface area contributed by atoms with Crippen LogP contribution in [-0.2, 0) is 6.54 Å². The molecule has 0 radical (unpaired) electrons. The van der Waals surface area contributed by atoms with Gasteiger partial charge >= 0.3 is 0 Å². The second-order valence-corrected chi connectivity index (χ2v) is 7.08. The molecule has 3 rings (SSSR count). The second kappa shape index (κ2) is 5.87. The van der Waals surface area contributed by atoms with Gasteiger partial charge in [0.05, 0.1) is 0 Å². The van der Waals surface area contributed by atoms with Crippen LogP contribution in [0.25, 0.3) is 0 Å². The van der Waals surface area contributed by atoms with Crippen LogP contribution in [0.5, 0.6) is 0 Å². The minimum atomic E-state index is 0.672. The lowest BCUT2D eigenvalue weighted by molar-refractivity contribution is 0.0852. The highest BCUT2D eigenvalue weighted by atomic mass is 15.2. The molecule has 1 saturated heterocycles. The van der Waals surface area contributed by atoms with Crippen molar-refractivity contribution in [2.24, 2.45) is 11.8 Å². The number of nitrogens with zero attached hydrogens (tertiary/aromatic N) is 1. The van der Waals surface area contributed by atoms with E-state index in [1.807, 2.05) is 0 Å². The molecule has 1 heterocycles. The van der Waals surface area contributed by atoms with Gasteiger partial charge in [0.15, 0.2) is 0 Å². The maximum atomic E-state index is 3.80. The number of rotatable bonds is 4. The molecule has 0 aromatic heterocycles. The lowest BCUT2D eigenvalue weighted by Crippen LogP contribution is -2.58. The molecule has 2 aliphatic rings. The van der Waals surface area contributed by atoms with Gasteiger partial charge in [0.25, 0.3) is 0 Å². The zero-order valence-corrected chi connectivity index (χ0v) is 13.1. The minimum Gasteiger partial charge on any atom is -0.311 e. The Hall–Kier alpha value is -0.860. The van der Waals surface area contributed by atoms with Crippen molar-refractivity contribution in [3.05, 3.63) is 35.4 Å². The van der Waals surface area contributed by atoms with Crippen molar-refractivity contribution in [1.82, 2.24) is 10.2 Å². The highest BCUT2D eigenvalue weighted by Crippen LogP contribution is 2.35. The Kier molecular flexibility index (Phi) is 4.13. The average Bonchev–Trinajstić information content (AvgIpc) is 3.22. The summed E-state index contributed by atoms with van der Waals surface area (Å²) >= 11 is 0. The lowest BCUT2D eigenvalue weighted by Gasteiger charge is -2.42. The zero-order chi connectivity index (χ0) is 14.1. The van der Waals surface area contributed by atoms with E-state index < -0.39 is 0 Å². The summed E-state index contributed by atoms with van der Waals surface area (Å²) in [6.45, 7) is 10.4. The zero-order valence-electron chi connectivity index (χ0n) is 13.1. The molecule has 2 heteroatoms. The monoisotopic (exact) mass is 272 g/mol. The molecule has 2 unspecified atom stereocenters. The van der Waals surface area contributed by atoms with Gasteiger partial charge in [-0.15, -0.1) is 0 Å². The number of benzene rings is 1. The first-order valence-electron chi connectivity index (χ1n) is 8.16. The van der Waals surface area contributed by atoms with E-state index in [0.717, 1.165) is 25.0 Å². The topological polar surface area (TPSA) is 15.3 Å². The first kappa shape index (κ1) is 14.1. The van der Waals surface area contributed by atoms with E-state index in [1.54, 1.807) is 0 Å². The first-order chi connectivity index (χ1) is 9.63. The summed E-state index contributed by atoms with van der Waals surface area (Å²) in [5.74, 6) is 1.66. The molecule has 110 valence electrons. The van der Waals surface area contributed by atoms with Gasteiger partial charge < -0.3 is 5.32 Å². The van der Waals surface area contributed by atoms with Crippen LogP contribution in [0.15, 0.2) is 24.3 Å². The summed E-state index contributed by atoms with van der Waals surface area (Å²) in [6.07, 6.45) is 2.87. The van der Waals surface area contributed by atoms with Gasteiger partial charge in [0.1, 0.15) is 0 Å². The van der Waals surface area contributed by atoms with Crippen LogP contribution >= 0.6 is 0 Å². The molecule has 1 saturated carbocycles. The number of hydrogen-bond donors (Lipinski definition) is 1. The number of hydrogen-bond acceptors (Lipinski definition) is 2. The summed E-state index contributed by atoms with van der Waals surface area (Å²) in [7, 11) is 0. The fraction of sp³-hybridized carbons (Fsp3) is 0.667. The summed E-state index contributed by atoms with van der Waals surface area (Å²) in [4.78, 5) is 2.72. The Bertz CT molecular complexity index is 450. The van der Waals surface area contributed by atoms with Crippen LogP contribution in [-0.4, -0.2) is 30.1 Å². The van der Waals surface area contributed by atoms with Gasteiger partial charge in [-0.1, -0.05) is 43.7 Å². The van der Waals surface area contributed by atoms with Gasteiger partial charge in [-0.25, -0.2) is 0 Å². The molecule has 1 aromatic carbocycles.